The fourth-order valence-electron chi connectivity index (χ4n) is 2.92. The third-order valence-corrected chi connectivity index (χ3v) is 4.85. The number of rotatable bonds is 4. The van der Waals surface area contributed by atoms with Gasteiger partial charge in [-0.15, -0.1) is 0 Å². The molecule has 3 heteroatoms. The van der Waals surface area contributed by atoms with Gasteiger partial charge in [0.25, 0.3) is 0 Å². The Balaban J connectivity index is 1.76. The summed E-state index contributed by atoms with van der Waals surface area (Å²) in [6, 6.07) is 13.9. The predicted molar refractivity (Wildman–Crippen MR) is 93.2 cm³/mol. The molecule has 2 atom stereocenters. The lowest BCUT2D eigenvalue weighted by molar-refractivity contribution is -0.136. The molecule has 0 N–H and O–H groups in total. The maximum absolute atomic E-state index is 12.5. The van der Waals surface area contributed by atoms with Crippen LogP contribution in [0.2, 0.25) is 5.02 Å². The number of ether oxygens (including phenoxy) is 1. The van der Waals surface area contributed by atoms with E-state index in [4.69, 9.17) is 16.3 Å². The highest BCUT2D eigenvalue weighted by molar-refractivity contribution is 6.31. The van der Waals surface area contributed by atoms with Crippen molar-refractivity contribution in [2.24, 2.45) is 5.92 Å². The molecule has 0 aromatic heterocycles. The summed E-state index contributed by atoms with van der Waals surface area (Å²) < 4.78 is 5.72. The van der Waals surface area contributed by atoms with Crippen LogP contribution in [0.15, 0.2) is 42.5 Å². The van der Waals surface area contributed by atoms with Crippen molar-refractivity contribution in [3.8, 4) is 5.75 Å². The van der Waals surface area contributed by atoms with Crippen molar-refractivity contribution in [2.45, 2.75) is 39.0 Å². The highest BCUT2D eigenvalue weighted by atomic mass is 35.5. The van der Waals surface area contributed by atoms with Gasteiger partial charge in [-0.25, -0.2) is 0 Å². The Bertz CT molecular complexity index is 722. The summed E-state index contributed by atoms with van der Waals surface area (Å²) in [5.74, 6) is 1.01. The fraction of sp³-hybridized carbons (Fsp3) is 0.350. The van der Waals surface area contributed by atoms with Gasteiger partial charge in [-0.05, 0) is 54.0 Å². The first kappa shape index (κ1) is 16.1. The quantitative estimate of drug-likeness (QED) is 0.548. The number of hydrogen-bond donors (Lipinski definition) is 0. The van der Waals surface area contributed by atoms with Crippen molar-refractivity contribution in [2.75, 3.05) is 0 Å². The Labute approximate surface area is 142 Å². The lowest BCUT2D eigenvalue weighted by Crippen LogP contribution is -2.13. The molecule has 2 aromatic rings. The maximum Gasteiger partial charge on any atom is 0.314 e. The first-order chi connectivity index (χ1) is 11.0. The van der Waals surface area contributed by atoms with Crippen LogP contribution in [0.5, 0.6) is 5.75 Å². The summed E-state index contributed by atoms with van der Waals surface area (Å²) in [7, 11) is 0. The first-order valence-electron chi connectivity index (χ1n) is 8.04. The molecule has 120 valence electrons. The molecular weight excluding hydrogens is 308 g/mol. The Kier molecular flexibility index (Phi) is 4.45. The molecule has 1 aliphatic rings. The molecule has 1 aliphatic carbocycles. The van der Waals surface area contributed by atoms with Crippen LogP contribution in [-0.4, -0.2) is 5.97 Å². The van der Waals surface area contributed by atoms with Crippen molar-refractivity contribution < 1.29 is 9.53 Å². The molecule has 0 amide bonds. The second kappa shape index (κ2) is 6.37. The molecule has 2 nitrogen and oxygen atoms in total. The minimum atomic E-state index is -0.137. The van der Waals surface area contributed by atoms with Crippen LogP contribution >= 0.6 is 11.6 Å². The average Bonchev–Trinajstić information content (AvgIpc) is 3.32. The number of benzene rings is 2. The van der Waals surface area contributed by atoms with E-state index in [1.807, 2.05) is 37.3 Å². The minimum absolute atomic E-state index is 0.0339. The van der Waals surface area contributed by atoms with E-state index >= 15 is 0 Å². The Morgan fingerprint density at radius 2 is 1.91 bits per heavy atom. The van der Waals surface area contributed by atoms with E-state index in [2.05, 4.69) is 26.0 Å². The summed E-state index contributed by atoms with van der Waals surface area (Å²) in [4.78, 5) is 12.5. The SMILES string of the molecule is Cc1cc(OC(=O)[C@@H]2C[C@H]2c2ccccc2)c(C(C)C)cc1Cl. The third kappa shape index (κ3) is 3.42. The highest BCUT2D eigenvalue weighted by Crippen LogP contribution is 2.48. The average molecular weight is 329 g/mol. The molecule has 0 bridgehead atoms. The Morgan fingerprint density at radius 1 is 1.22 bits per heavy atom. The first-order valence-corrected chi connectivity index (χ1v) is 8.42. The molecule has 0 heterocycles. The summed E-state index contributed by atoms with van der Waals surface area (Å²) in [5, 5.41) is 0.710. The standard InChI is InChI=1S/C20H21ClO2/c1-12(2)15-11-18(21)13(3)9-19(15)23-20(22)17-10-16(17)14-7-5-4-6-8-14/h4-9,11-12,16-17H,10H2,1-3H3/t16-,17+/m0/s1. The fourth-order valence-corrected chi connectivity index (χ4v) is 3.09. The van der Waals surface area contributed by atoms with Crippen molar-refractivity contribution in [3.05, 3.63) is 64.2 Å². The van der Waals surface area contributed by atoms with Crippen LogP contribution in [0.1, 0.15) is 48.8 Å². The van der Waals surface area contributed by atoms with E-state index in [0.29, 0.717) is 16.7 Å². The van der Waals surface area contributed by atoms with Crippen molar-refractivity contribution >= 4 is 17.6 Å². The van der Waals surface area contributed by atoms with Gasteiger partial charge in [0.15, 0.2) is 0 Å². The van der Waals surface area contributed by atoms with Crippen LogP contribution in [-0.2, 0) is 4.79 Å². The number of halogens is 1. The van der Waals surface area contributed by atoms with Crippen molar-refractivity contribution in [1.82, 2.24) is 0 Å². The van der Waals surface area contributed by atoms with Crippen LogP contribution in [0, 0.1) is 12.8 Å². The van der Waals surface area contributed by atoms with Gasteiger partial charge < -0.3 is 4.74 Å². The second-order valence-electron chi connectivity index (χ2n) is 6.57. The monoisotopic (exact) mass is 328 g/mol. The van der Waals surface area contributed by atoms with Gasteiger partial charge in [0.1, 0.15) is 5.75 Å². The molecule has 23 heavy (non-hydrogen) atoms. The van der Waals surface area contributed by atoms with Crippen molar-refractivity contribution in [3.63, 3.8) is 0 Å². The van der Waals surface area contributed by atoms with Crippen LogP contribution < -0.4 is 4.74 Å². The maximum atomic E-state index is 12.5. The van der Waals surface area contributed by atoms with Gasteiger partial charge in [-0.3, -0.25) is 4.79 Å². The molecule has 0 aliphatic heterocycles. The Morgan fingerprint density at radius 3 is 2.57 bits per heavy atom. The summed E-state index contributed by atoms with van der Waals surface area (Å²) in [6.07, 6.45) is 0.867. The third-order valence-electron chi connectivity index (χ3n) is 4.44. The van der Waals surface area contributed by atoms with E-state index in [-0.39, 0.29) is 17.8 Å². The molecule has 0 saturated heterocycles. The summed E-state index contributed by atoms with van der Waals surface area (Å²) in [5.41, 5.74) is 3.12. The van der Waals surface area contributed by atoms with E-state index in [1.54, 1.807) is 0 Å². The van der Waals surface area contributed by atoms with Gasteiger partial charge in [0.2, 0.25) is 0 Å². The molecule has 1 saturated carbocycles. The number of aryl methyl sites for hydroxylation is 1. The van der Waals surface area contributed by atoms with Gasteiger partial charge in [-0.2, -0.15) is 0 Å². The molecule has 0 radical (unpaired) electrons. The molecule has 2 aromatic carbocycles. The molecule has 1 fully saturated rings. The lowest BCUT2D eigenvalue weighted by Gasteiger charge is -2.15. The van der Waals surface area contributed by atoms with Crippen LogP contribution in [0.4, 0.5) is 0 Å². The molecular formula is C20H21ClO2. The number of carbonyl (C=O) groups is 1. The summed E-state index contributed by atoms with van der Waals surface area (Å²) in [6.45, 7) is 6.07. The zero-order valence-electron chi connectivity index (χ0n) is 13.7. The number of esters is 1. The molecule has 0 unspecified atom stereocenters. The molecule has 0 spiro atoms. The number of hydrogen-bond acceptors (Lipinski definition) is 2. The van der Waals surface area contributed by atoms with Gasteiger partial charge in [-0.1, -0.05) is 55.8 Å². The van der Waals surface area contributed by atoms with Gasteiger partial charge in [0, 0.05) is 5.02 Å². The number of carbonyl (C=O) groups excluding carboxylic acids is 1. The highest BCUT2D eigenvalue weighted by Gasteiger charge is 2.45. The van der Waals surface area contributed by atoms with E-state index < -0.39 is 0 Å². The molecule has 3 rings (SSSR count). The van der Waals surface area contributed by atoms with Gasteiger partial charge >= 0.3 is 5.97 Å². The van der Waals surface area contributed by atoms with E-state index in [9.17, 15) is 4.79 Å². The van der Waals surface area contributed by atoms with Crippen LogP contribution in [0.25, 0.3) is 0 Å². The normalized spacial score (nSPS) is 19.7. The van der Waals surface area contributed by atoms with Gasteiger partial charge in [0.05, 0.1) is 5.92 Å². The minimum Gasteiger partial charge on any atom is -0.426 e. The Hall–Kier alpha value is -1.80. The smallest absolute Gasteiger partial charge is 0.314 e. The van der Waals surface area contributed by atoms with E-state index in [1.165, 1.54) is 5.56 Å². The predicted octanol–water partition coefficient (Wildman–Crippen LogP) is 5.48. The second-order valence-corrected chi connectivity index (χ2v) is 6.98. The van der Waals surface area contributed by atoms with E-state index in [0.717, 1.165) is 17.5 Å². The summed E-state index contributed by atoms with van der Waals surface area (Å²) >= 11 is 6.20. The zero-order valence-corrected chi connectivity index (χ0v) is 14.4. The van der Waals surface area contributed by atoms with Crippen LogP contribution in [0.3, 0.4) is 0 Å². The van der Waals surface area contributed by atoms with Crippen molar-refractivity contribution in [1.29, 1.82) is 0 Å². The topological polar surface area (TPSA) is 26.3 Å². The lowest BCUT2D eigenvalue weighted by atomic mass is 10.0. The largest absolute Gasteiger partial charge is 0.426 e. The zero-order chi connectivity index (χ0) is 16.6.